The highest BCUT2D eigenvalue weighted by molar-refractivity contribution is 7.98. The smallest absolute Gasteiger partial charge is 0.137 e. The van der Waals surface area contributed by atoms with Crippen LogP contribution in [0, 0.1) is 6.92 Å². The maximum absolute atomic E-state index is 6.09. The van der Waals surface area contributed by atoms with E-state index in [9.17, 15) is 0 Å². The zero-order valence-corrected chi connectivity index (χ0v) is 12.5. The lowest BCUT2D eigenvalue weighted by atomic mass is 10.2. The standard InChI is InChI=1S/C12H20ClN3S/c1-5-10-15-11(13)9(3)12(16-10)14-8(2)6-7-17-4/h8H,5-7H2,1-4H3,(H,14,15,16). The topological polar surface area (TPSA) is 37.8 Å². The molecule has 0 radical (unpaired) electrons. The highest BCUT2D eigenvalue weighted by Gasteiger charge is 2.10. The van der Waals surface area contributed by atoms with Gasteiger partial charge < -0.3 is 5.32 Å². The summed E-state index contributed by atoms with van der Waals surface area (Å²) >= 11 is 7.95. The summed E-state index contributed by atoms with van der Waals surface area (Å²) in [6.07, 6.45) is 4.03. The minimum absolute atomic E-state index is 0.400. The molecule has 1 N–H and O–H groups in total. The number of aromatic nitrogens is 2. The predicted molar refractivity (Wildman–Crippen MR) is 77.2 cm³/mol. The van der Waals surface area contributed by atoms with Crippen molar-refractivity contribution in [3.05, 3.63) is 16.5 Å². The van der Waals surface area contributed by atoms with Gasteiger partial charge in [-0.05, 0) is 32.3 Å². The molecule has 0 fully saturated rings. The van der Waals surface area contributed by atoms with Crippen LogP contribution in [-0.4, -0.2) is 28.0 Å². The van der Waals surface area contributed by atoms with E-state index in [-0.39, 0.29) is 0 Å². The molecule has 5 heteroatoms. The molecule has 1 rings (SSSR count). The van der Waals surface area contributed by atoms with Crippen LogP contribution >= 0.6 is 23.4 Å². The van der Waals surface area contributed by atoms with E-state index in [1.807, 2.05) is 25.6 Å². The first-order valence-corrected chi connectivity index (χ1v) is 7.64. The Labute approximate surface area is 113 Å². The van der Waals surface area contributed by atoms with Gasteiger partial charge in [-0.3, -0.25) is 0 Å². The van der Waals surface area contributed by atoms with Gasteiger partial charge in [0.05, 0.1) is 0 Å². The van der Waals surface area contributed by atoms with Crippen molar-refractivity contribution in [1.29, 1.82) is 0 Å². The van der Waals surface area contributed by atoms with Gasteiger partial charge in [0.25, 0.3) is 0 Å². The van der Waals surface area contributed by atoms with Crippen LogP contribution in [0.25, 0.3) is 0 Å². The molecule has 0 aliphatic rings. The number of nitrogens with zero attached hydrogens (tertiary/aromatic N) is 2. The Kier molecular flexibility index (Phi) is 6.06. The van der Waals surface area contributed by atoms with Crippen molar-refractivity contribution in [2.45, 2.75) is 39.7 Å². The minimum Gasteiger partial charge on any atom is -0.367 e. The Bertz CT molecular complexity index is 371. The highest BCUT2D eigenvalue weighted by atomic mass is 35.5. The molecule has 0 aliphatic heterocycles. The van der Waals surface area contributed by atoms with Crippen LogP contribution in [-0.2, 0) is 6.42 Å². The zero-order chi connectivity index (χ0) is 12.8. The largest absolute Gasteiger partial charge is 0.367 e. The molecule has 0 saturated carbocycles. The number of rotatable bonds is 6. The van der Waals surface area contributed by atoms with Crippen LogP contribution in [0.2, 0.25) is 5.15 Å². The third kappa shape index (κ3) is 4.36. The lowest BCUT2D eigenvalue weighted by Crippen LogP contribution is -2.18. The Hall–Kier alpha value is -0.480. The second kappa shape index (κ2) is 7.07. The van der Waals surface area contributed by atoms with E-state index in [2.05, 4.69) is 28.5 Å². The molecular formula is C12H20ClN3S. The summed E-state index contributed by atoms with van der Waals surface area (Å²) in [5.74, 6) is 2.81. The van der Waals surface area contributed by atoms with E-state index in [1.165, 1.54) is 0 Å². The summed E-state index contributed by atoms with van der Waals surface area (Å²) in [5, 5.41) is 3.96. The fourth-order valence-corrected chi connectivity index (χ4v) is 2.21. The van der Waals surface area contributed by atoms with Crippen molar-refractivity contribution in [3.8, 4) is 0 Å². The first kappa shape index (κ1) is 14.6. The van der Waals surface area contributed by atoms with Gasteiger partial charge in [0.2, 0.25) is 0 Å². The predicted octanol–water partition coefficient (Wildman–Crippen LogP) is 3.55. The fraction of sp³-hybridized carbons (Fsp3) is 0.667. The first-order valence-electron chi connectivity index (χ1n) is 5.87. The van der Waals surface area contributed by atoms with Crippen molar-refractivity contribution < 1.29 is 0 Å². The SMILES string of the molecule is CCc1nc(Cl)c(C)c(NC(C)CCSC)n1. The monoisotopic (exact) mass is 273 g/mol. The van der Waals surface area contributed by atoms with E-state index in [1.54, 1.807) is 0 Å². The van der Waals surface area contributed by atoms with Gasteiger partial charge in [-0.25, -0.2) is 9.97 Å². The van der Waals surface area contributed by atoms with Gasteiger partial charge in [0, 0.05) is 18.0 Å². The molecular weight excluding hydrogens is 254 g/mol. The van der Waals surface area contributed by atoms with Crippen molar-refractivity contribution in [2.24, 2.45) is 0 Å². The Morgan fingerprint density at radius 3 is 2.71 bits per heavy atom. The van der Waals surface area contributed by atoms with E-state index in [0.717, 1.165) is 35.8 Å². The molecule has 0 saturated heterocycles. The molecule has 1 atom stereocenters. The van der Waals surface area contributed by atoms with Gasteiger partial charge in [0.15, 0.2) is 0 Å². The average Bonchev–Trinajstić information content (AvgIpc) is 2.32. The molecule has 1 heterocycles. The van der Waals surface area contributed by atoms with Crippen LogP contribution in [0.3, 0.4) is 0 Å². The van der Waals surface area contributed by atoms with Crippen molar-refractivity contribution in [2.75, 3.05) is 17.3 Å². The van der Waals surface area contributed by atoms with E-state index in [4.69, 9.17) is 11.6 Å². The van der Waals surface area contributed by atoms with Crippen LogP contribution < -0.4 is 5.32 Å². The second-order valence-corrected chi connectivity index (χ2v) is 5.43. The summed E-state index contributed by atoms with van der Waals surface area (Å²) in [6, 6.07) is 0.400. The van der Waals surface area contributed by atoms with Gasteiger partial charge in [-0.2, -0.15) is 11.8 Å². The number of hydrogen-bond donors (Lipinski definition) is 1. The molecule has 0 aromatic carbocycles. The Morgan fingerprint density at radius 1 is 1.41 bits per heavy atom. The molecule has 1 aromatic rings. The summed E-state index contributed by atoms with van der Waals surface area (Å²) in [6.45, 7) is 6.14. The maximum Gasteiger partial charge on any atom is 0.137 e. The van der Waals surface area contributed by atoms with Gasteiger partial charge >= 0.3 is 0 Å². The number of thioether (sulfide) groups is 1. The Morgan fingerprint density at radius 2 is 2.12 bits per heavy atom. The lowest BCUT2D eigenvalue weighted by Gasteiger charge is -2.16. The molecule has 1 aromatic heterocycles. The van der Waals surface area contributed by atoms with Crippen molar-refractivity contribution in [3.63, 3.8) is 0 Å². The molecule has 1 unspecified atom stereocenters. The Balaban J connectivity index is 2.78. The fourth-order valence-electron chi connectivity index (χ4n) is 1.43. The number of halogens is 1. The normalized spacial score (nSPS) is 12.5. The third-order valence-electron chi connectivity index (χ3n) is 2.59. The molecule has 0 spiro atoms. The molecule has 3 nitrogen and oxygen atoms in total. The third-order valence-corrected chi connectivity index (χ3v) is 3.60. The van der Waals surface area contributed by atoms with Crippen LogP contribution in [0.1, 0.15) is 31.7 Å². The minimum atomic E-state index is 0.400. The molecule has 0 bridgehead atoms. The van der Waals surface area contributed by atoms with Crippen molar-refractivity contribution in [1.82, 2.24) is 9.97 Å². The van der Waals surface area contributed by atoms with Gasteiger partial charge in [-0.1, -0.05) is 18.5 Å². The number of anilines is 1. The zero-order valence-electron chi connectivity index (χ0n) is 10.9. The summed E-state index contributed by atoms with van der Waals surface area (Å²) < 4.78 is 0. The quantitative estimate of drug-likeness (QED) is 0.805. The number of aryl methyl sites for hydroxylation is 1. The molecule has 0 aliphatic carbocycles. The van der Waals surface area contributed by atoms with E-state index < -0.39 is 0 Å². The first-order chi connectivity index (χ1) is 8.08. The highest BCUT2D eigenvalue weighted by Crippen LogP contribution is 2.21. The van der Waals surface area contributed by atoms with Gasteiger partial charge in [-0.15, -0.1) is 0 Å². The number of hydrogen-bond acceptors (Lipinski definition) is 4. The number of nitrogens with one attached hydrogen (secondary N) is 1. The van der Waals surface area contributed by atoms with Crippen LogP contribution in [0.15, 0.2) is 0 Å². The maximum atomic E-state index is 6.09. The van der Waals surface area contributed by atoms with E-state index in [0.29, 0.717) is 11.2 Å². The summed E-state index contributed by atoms with van der Waals surface area (Å²) in [4.78, 5) is 8.72. The van der Waals surface area contributed by atoms with Crippen molar-refractivity contribution >= 4 is 29.2 Å². The second-order valence-electron chi connectivity index (χ2n) is 4.08. The summed E-state index contributed by atoms with van der Waals surface area (Å²) in [7, 11) is 0. The molecule has 96 valence electrons. The van der Waals surface area contributed by atoms with Crippen LogP contribution in [0.5, 0.6) is 0 Å². The van der Waals surface area contributed by atoms with E-state index >= 15 is 0 Å². The molecule has 0 amide bonds. The van der Waals surface area contributed by atoms with Gasteiger partial charge in [0.1, 0.15) is 16.8 Å². The van der Waals surface area contributed by atoms with Crippen LogP contribution in [0.4, 0.5) is 5.82 Å². The lowest BCUT2D eigenvalue weighted by molar-refractivity contribution is 0.761. The summed E-state index contributed by atoms with van der Waals surface area (Å²) in [5.41, 5.74) is 0.930. The average molecular weight is 274 g/mol. The molecule has 17 heavy (non-hydrogen) atoms.